The Morgan fingerprint density at radius 1 is 1.30 bits per heavy atom. The number of rotatable bonds is 4. The number of nitrogens with zero attached hydrogens (tertiary/aromatic N) is 2. The van der Waals surface area contributed by atoms with Crippen LogP contribution in [0.5, 0.6) is 0 Å². The predicted molar refractivity (Wildman–Crippen MR) is 83.3 cm³/mol. The molecule has 0 fully saturated rings. The number of carbonyl (C=O) groups is 2. The topological polar surface area (TPSA) is 75.4 Å². The molecule has 122 valence electrons. The van der Waals surface area contributed by atoms with Gasteiger partial charge in [-0.15, -0.1) is 0 Å². The minimum Gasteiger partial charge on any atom is -0.360 e. The molecule has 0 aliphatic rings. The van der Waals surface area contributed by atoms with Crippen LogP contribution in [0.4, 0.5) is 10.2 Å². The zero-order valence-corrected chi connectivity index (χ0v) is 13.7. The first-order valence-corrected chi connectivity index (χ1v) is 7.16. The first-order valence-electron chi connectivity index (χ1n) is 6.41. The molecule has 0 atom stereocenters. The molecule has 0 saturated heterocycles. The van der Waals surface area contributed by atoms with E-state index in [9.17, 15) is 14.0 Å². The third-order valence-electron chi connectivity index (χ3n) is 2.86. The molecule has 0 spiro atoms. The zero-order chi connectivity index (χ0) is 17.1. The van der Waals surface area contributed by atoms with Gasteiger partial charge in [-0.1, -0.05) is 28.4 Å². The van der Waals surface area contributed by atoms with Gasteiger partial charge in [-0.3, -0.25) is 9.59 Å². The molecule has 2 aromatic rings. The van der Waals surface area contributed by atoms with Crippen molar-refractivity contribution in [2.45, 2.75) is 6.92 Å². The van der Waals surface area contributed by atoms with Gasteiger partial charge in [0.05, 0.1) is 22.2 Å². The number of halogens is 3. The molecule has 0 aliphatic heterocycles. The SMILES string of the molecule is Cc1cc(NC(=O)CN(C)C(=O)c2cc(F)c(Cl)cc2Cl)no1. The number of aryl methyl sites for hydroxylation is 1. The van der Waals surface area contributed by atoms with E-state index < -0.39 is 17.6 Å². The van der Waals surface area contributed by atoms with Crippen LogP contribution in [-0.2, 0) is 4.79 Å². The summed E-state index contributed by atoms with van der Waals surface area (Å²) in [6.45, 7) is 1.40. The number of hydrogen-bond donors (Lipinski definition) is 1. The van der Waals surface area contributed by atoms with E-state index in [1.165, 1.54) is 13.1 Å². The van der Waals surface area contributed by atoms with Crippen molar-refractivity contribution in [3.63, 3.8) is 0 Å². The summed E-state index contributed by atoms with van der Waals surface area (Å²) in [5, 5.41) is 5.89. The number of anilines is 1. The summed E-state index contributed by atoms with van der Waals surface area (Å²) in [6.07, 6.45) is 0. The summed E-state index contributed by atoms with van der Waals surface area (Å²) < 4.78 is 18.3. The quantitative estimate of drug-likeness (QED) is 0.850. The van der Waals surface area contributed by atoms with Crippen molar-refractivity contribution < 1.29 is 18.5 Å². The second kappa shape index (κ2) is 6.97. The molecule has 6 nitrogen and oxygen atoms in total. The van der Waals surface area contributed by atoms with Crippen LogP contribution in [0.3, 0.4) is 0 Å². The van der Waals surface area contributed by atoms with Crippen molar-refractivity contribution in [2.75, 3.05) is 18.9 Å². The fourth-order valence-electron chi connectivity index (χ4n) is 1.79. The molecular weight excluding hydrogens is 348 g/mol. The van der Waals surface area contributed by atoms with Crippen molar-refractivity contribution in [3.8, 4) is 0 Å². The molecule has 0 bridgehead atoms. The minimum absolute atomic E-state index is 0.000726. The number of carbonyl (C=O) groups excluding carboxylic acids is 2. The van der Waals surface area contributed by atoms with Crippen LogP contribution in [-0.4, -0.2) is 35.5 Å². The summed E-state index contributed by atoms with van der Waals surface area (Å²) in [5.74, 6) is -1.09. The summed E-state index contributed by atoms with van der Waals surface area (Å²) in [7, 11) is 1.39. The van der Waals surface area contributed by atoms with Crippen LogP contribution in [0, 0.1) is 12.7 Å². The second-order valence-corrected chi connectivity index (χ2v) is 5.59. The third kappa shape index (κ3) is 4.20. The fourth-order valence-corrected chi connectivity index (χ4v) is 2.25. The minimum atomic E-state index is -0.768. The third-order valence-corrected chi connectivity index (χ3v) is 3.47. The van der Waals surface area contributed by atoms with Gasteiger partial charge in [0.2, 0.25) is 5.91 Å². The van der Waals surface area contributed by atoms with Crippen LogP contribution < -0.4 is 5.32 Å². The Balaban J connectivity index is 2.05. The van der Waals surface area contributed by atoms with Gasteiger partial charge in [-0.2, -0.15) is 0 Å². The van der Waals surface area contributed by atoms with E-state index in [1.54, 1.807) is 6.92 Å². The highest BCUT2D eigenvalue weighted by Gasteiger charge is 2.20. The Hall–Kier alpha value is -2.12. The van der Waals surface area contributed by atoms with Crippen LogP contribution in [0.2, 0.25) is 10.0 Å². The summed E-state index contributed by atoms with van der Waals surface area (Å²) in [6, 6.07) is 3.60. The average Bonchev–Trinajstić information content (AvgIpc) is 2.87. The number of nitrogens with one attached hydrogen (secondary N) is 1. The van der Waals surface area contributed by atoms with Gasteiger partial charge in [0.25, 0.3) is 5.91 Å². The average molecular weight is 360 g/mol. The molecule has 2 rings (SSSR count). The molecule has 23 heavy (non-hydrogen) atoms. The Labute approximate surface area is 141 Å². The Kier molecular flexibility index (Phi) is 5.23. The Bertz CT molecular complexity index is 764. The van der Waals surface area contributed by atoms with E-state index in [0.717, 1.165) is 17.0 Å². The van der Waals surface area contributed by atoms with Gasteiger partial charge in [0.15, 0.2) is 5.82 Å². The number of amides is 2. The first-order chi connectivity index (χ1) is 10.8. The molecule has 0 unspecified atom stereocenters. The Morgan fingerprint density at radius 2 is 2.00 bits per heavy atom. The maximum Gasteiger partial charge on any atom is 0.255 e. The molecular formula is C14H12Cl2FN3O3. The normalized spacial score (nSPS) is 10.5. The summed E-state index contributed by atoms with van der Waals surface area (Å²) in [5.41, 5.74) is -0.0823. The highest BCUT2D eigenvalue weighted by molar-refractivity contribution is 6.36. The second-order valence-electron chi connectivity index (χ2n) is 4.78. The van der Waals surface area contributed by atoms with Crippen LogP contribution >= 0.6 is 23.2 Å². The fraction of sp³-hybridized carbons (Fsp3) is 0.214. The molecule has 0 saturated carbocycles. The van der Waals surface area contributed by atoms with Crippen molar-refractivity contribution in [1.29, 1.82) is 0 Å². The molecule has 0 aliphatic carbocycles. The highest BCUT2D eigenvalue weighted by Crippen LogP contribution is 2.25. The van der Waals surface area contributed by atoms with E-state index in [-0.39, 0.29) is 28.0 Å². The van der Waals surface area contributed by atoms with Crippen LogP contribution in [0.1, 0.15) is 16.1 Å². The van der Waals surface area contributed by atoms with Crippen LogP contribution in [0.15, 0.2) is 22.7 Å². The van der Waals surface area contributed by atoms with Crippen molar-refractivity contribution >= 4 is 40.8 Å². The monoisotopic (exact) mass is 359 g/mol. The van der Waals surface area contributed by atoms with Gasteiger partial charge in [-0.05, 0) is 19.1 Å². The number of hydrogen-bond acceptors (Lipinski definition) is 4. The summed E-state index contributed by atoms with van der Waals surface area (Å²) >= 11 is 11.5. The van der Waals surface area contributed by atoms with Crippen molar-refractivity contribution in [1.82, 2.24) is 10.1 Å². The maximum absolute atomic E-state index is 13.5. The highest BCUT2D eigenvalue weighted by atomic mass is 35.5. The van der Waals surface area contributed by atoms with Gasteiger partial charge in [-0.25, -0.2) is 4.39 Å². The van der Waals surface area contributed by atoms with Crippen molar-refractivity contribution in [3.05, 3.63) is 45.4 Å². The standard InChI is InChI=1S/C14H12Cl2FN3O3/c1-7-3-12(19-23-7)18-13(21)6-20(2)14(22)8-4-11(17)10(16)5-9(8)15/h3-5H,6H2,1-2H3,(H,18,19,21). The summed E-state index contributed by atoms with van der Waals surface area (Å²) in [4.78, 5) is 25.2. The van der Waals surface area contributed by atoms with E-state index in [2.05, 4.69) is 10.5 Å². The molecule has 0 radical (unpaired) electrons. The maximum atomic E-state index is 13.5. The number of likely N-dealkylation sites (N-methyl/N-ethyl adjacent to an activating group) is 1. The van der Waals surface area contributed by atoms with E-state index in [1.807, 2.05) is 0 Å². The molecule has 2 amide bonds. The van der Waals surface area contributed by atoms with E-state index in [4.69, 9.17) is 27.7 Å². The lowest BCUT2D eigenvalue weighted by Crippen LogP contribution is -2.35. The van der Waals surface area contributed by atoms with Crippen molar-refractivity contribution in [2.24, 2.45) is 0 Å². The molecule has 1 aromatic heterocycles. The first kappa shape index (κ1) is 17.2. The lowest BCUT2D eigenvalue weighted by molar-refractivity contribution is -0.116. The van der Waals surface area contributed by atoms with Gasteiger partial charge >= 0.3 is 0 Å². The molecule has 1 aromatic carbocycles. The van der Waals surface area contributed by atoms with Gasteiger partial charge in [0, 0.05) is 13.1 Å². The van der Waals surface area contributed by atoms with Crippen LogP contribution in [0.25, 0.3) is 0 Å². The molecule has 1 N–H and O–H groups in total. The molecule has 9 heteroatoms. The molecule has 1 heterocycles. The Morgan fingerprint density at radius 3 is 2.61 bits per heavy atom. The number of benzene rings is 1. The number of aromatic nitrogens is 1. The van der Waals surface area contributed by atoms with Gasteiger partial charge < -0.3 is 14.7 Å². The lowest BCUT2D eigenvalue weighted by atomic mass is 10.2. The lowest BCUT2D eigenvalue weighted by Gasteiger charge is -2.17. The van der Waals surface area contributed by atoms with E-state index in [0.29, 0.717) is 5.76 Å². The predicted octanol–water partition coefficient (Wildman–Crippen LogP) is 3.14. The van der Waals surface area contributed by atoms with E-state index >= 15 is 0 Å². The van der Waals surface area contributed by atoms with Gasteiger partial charge in [0.1, 0.15) is 11.6 Å². The zero-order valence-electron chi connectivity index (χ0n) is 12.2. The smallest absolute Gasteiger partial charge is 0.255 e. The largest absolute Gasteiger partial charge is 0.360 e.